The number of aromatic nitrogens is 2. The molecule has 3 nitrogen and oxygen atoms in total. The van der Waals surface area contributed by atoms with Crippen LogP contribution in [-0.4, -0.2) is 27.9 Å². The average molecular weight is 227 g/mol. The van der Waals surface area contributed by atoms with Crippen molar-refractivity contribution < 1.29 is 0 Å². The van der Waals surface area contributed by atoms with E-state index in [1.54, 1.807) is 11.8 Å². The standard InChI is InChI=1S/C11H21N3S/c1-9(2)10(3)12-6-8-15-11-13-5-7-14(11)4/h5,7,9-10,12H,6,8H2,1-4H3. The van der Waals surface area contributed by atoms with E-state index in [0.29, 0.717) is 12.0 Å². The third-order valence-corrected chi connectivity index (χ3v) is 3.64. The molecule has 4 heteroatoms. The van der Waals surface area contributed by atoms with Crippen LogP contribution in [0.1, 0.15) is 20.8 Å². The van der Waals surface area contributed by atoms with E-state index in [1.807, 2.05) is 19.4 Å². The van der Waals surface area contributed by atoms with Gasteiger partial charge in [-0.15, -0.1) is 0 Å². The van der Waals surface area contributed by atoms with Gasteiger partial charge in [0.15, 0.2) is 5.16 Å². The van der Waals surface area contributed by atoms with E-state index < -0.39 is 0 Å². The summed E-state index contributed by atoms with van der Waals surface area (Å²) >= 11 is 1.80. The Morgan fingerprint density at radius 2 is 2.20 bits per heavy atom. The fourth-order valence-electron chi connectivity index (χ4n) is 1.16. The van der Waals surface area contributed by atoms with Gasteiger partial charge in [-0.2, -0.15) is 0 Å². The van der Waals surface area contributed by atoms with Gasteiger partial charge in [0.1, 0.15) is 0 Å². The Morgan fingerprint density at radius 1 is 1.47 bits per heavy atom. The number of nitrogens with one attached hydrogen (secondary N) is 1. The molecule has 0 aliphatic rings. The van der Waals surface area contributed by atoms with Gasteiger partial charge < -0.3 is 9.88 Å². The van der Waals surface area contributed by atoms with Gasteiger partial charge in [0, 0.05) is 37.8 Å². The van der Waals surface area contributed by atoms with Gasteiger partial charge in [-0.3, -0.25) is 0 Å². The van der Waals surface area contributed by atoms with Crippen molar-refractivity contribution >= 4 is 11.8 Å². The van der Waals surface area contributed by atoms with E-state index in [1.165, 1.54) is 0 Å². The van der Waals surface area contributed by atoms with Crippen molar-refractivity contribution in [2.75, 3.05) is 12.3 Å². The number of rotatable bonds is 6. The molecule has 15 heavy (non-hydrogen) atoms. The van der Waals surface area contributed by atoms with Gasteiger partial charge in [-0.05, 0) is 12.8 Å². The van der Waals surface area contributed by atoms with Gasteiger partial charge in [-0.25, -0.2) is 4.98 Å². The van der Waals surface area contributed by atoms with Crippen LogP contribution in [0.3, 0.4) is 0 Å². The fraction of sp³-hybridized carbons (Fsp3) is 0.727. The minimum atomic E-state index is 0.590. The minimum Gasteiger partial charge on any atom is -0.329 e. The lowest BCUT2D eigenvalue weighted by atomic mass is 10.1. The zero-order chi connectivity index (χ0) is 11.3. The van der Waals surface area contributed by atoms with E-state index in [-0.39, 0.29) is 0 Å². The maximum Gasteiger partial charge on any atom is 0.167 e. The highest BCUT2D eigenvalue weighted by molar-refractivity contribution is 7.99. The van der Waals surface area contributed by atoms with Crippen LogP contribution in [0.5, 0.6) is 0 Å². The number of hydrogen-bond donors (Lipinski definition) is 1. The fourth-order valence-corrected chi connectivity index (χ4v) is 1.96. The molecule has 1 heterocycles. The van der Waals surface area contributed by atoms with Crippen molar-refractivity contribution in [1.29, 1.82) is 0 Å². The van der Waals surface area contributed by atoms with Crippen LogP contribution in [0.15, 0.2) is 17.6 Å². The molecule has 86 valence electrons. The summed E-state index contributed by atoms with van der Waals surface area (Å²) in [5, 5.41) is 4.60. The SMILES string of the molecule is CC(C)C(C)NCCSc1nccn1C. The molecular weight excluding hydrogens is 206 g/mol. The summed E-state index contributed by atoms with van der Waals surface area (Å²) in [5.41, 5.74) is 0. The van der Waals surface area contributed by atoms with Crippen LogP contribution < -0.4 is 5.32 Å². The summed E-state index contributed by atoms with van der Waals surface area (Å²) in [6, 6.07) is 0.590. The van der Waals surface area contributed by atoms with Crippen LogP contribution in [0.2, 0.25) is 0 Å². The predicted octanol–water partition coefficient (Wildman–Crippen LogP) is 2.15. The number of thioether (sulfide) groups is 1. The quantitative estimate of drug-likeness (QED) is 0.596. The molecule has 1 aromatic heterocycles. The topological polar surface area (TPSA) is 29.9 Å². The summed E-state index contributed by atoms with van der Waals surface area (Å²) in [4.78, 5) is 4.27. The van der Waals surface area contributed by atoms with Gasteiger partial charge in [0.05, 0.1) is 0 Å². The van der Waals surface area contributed by atoms with Crippen LogP contribution in [0, 0.1) is 5.92 Å². The van der Waals surface area contributed by atoms with Crippen molar-refractivity contribution in [1.82, 2.24) is 14.9 Å². The number of hydrogen-bond acceptors (Lipinski definition) is 3. The Labute approximate surface area is 96.7 Å². The Kier molecular flexibility index (Phi) is 5.19. The molecule has 0 radical (unpaired) electrons. The van der Waals surface area contributed by atoms with Gasteiger partial charge >= 0.3 is 0 Å². The second-order valence-electron chi connectivity index (χ2n) is 4.16. The lowest BCUT2D eigenvalue weighted by Crippen LogP contribution is -2.32. The number of aryl methyl sites for hydroxylation is 1. The third-order valence-electron chi connectivity index (χ3n) is 2.58. The molecule has 0 aliphatic carbocycles. The third kappa shape index (κ3) is 4.26. The molecule has 0 bridgehead atoms. The van der Waals surface area contributed by atoms with E-state index in [9.17, 15) is 0 Å². The predicted molar refractivity (Wildman–Crippen MR) is 66.2 cm³/mol. The first kappa shape index (κ1) is 12.6. The monoisotopic (exact) mass is 227 g/mol. The summed E-state index contributed by atoms with van der Waals surface area (Å²) < 4.78 is 2.05. The second-order valence-corrected chi connectivity index (χ2v) is 5.22. The molecule has 0 saturated carbocycles. The number of imidazole rings is 1. The zero-order valence-corrected chi connectivity index (χ0v) is 10.8. The molecule has 1 atom stereocenters. The Balaban J connectivity index is 2.15. The van der Waals surface area contributed by atoms with Gasteiger partial charge in [0.25, 0.3) is 0 Å². The molecular formula is C11H21N3S. The Bertz CT molecular complexity index is 283. The van der Waals surface area contributed by atoms with Crippen LogP contribution >= 0.6 is 11.8 Å². The molecule has 0 fully saturated rings. The normalized spacial score (nSPS) is 13.4. The van der Waals surface area contributed by atoms with Gasteiger partial charge in [-0.1, -0.05) is 25.6 Å². The van der Waals surface area contributed by atoms with E-state index in [0.717, 1.165) is 17.5 Å². The largest absolute Gasteiger partial charge is 0.329 e. The first-order chi connectivity index (χ1) is 7.11. The first-order valence-corrected chi connectivity index (χ1v) is 6.43. The highest BCUT2D eigenvalue weighted by Gasteiger charge is 2.05. The van der Waals surface area contributed by atoms with Crippen molar-refractivity contribution in [2.45, 2.75) is 32.0 Å². The highest BCUT2D eigenvalue weighted by Crippen LogP contribution is 2.13. The van der Waals surface area contributed by atoms with Crippen LogP contribution in [-0.2, 0) is 7.05 Å². The molecule has 1 rings (SSSR count). The van der Waals surface area contributed by atoms with E-state index >= 15 is 0 Å². The second kappa shape index (κ2) is 6.18. The molecule has 0 amide bonds. The summed E-state index contributed by atoms with van der Waals surface area (Å²) in [5.74, 6) is 1.77. The number of nitrogens with zero attached hydrogens (tertiary/aromatic N) is 2. The Morgan fingerprint density at radius 3 is 2.73 bits per heavy atom. The molecule has 0 spiro atoms. The molecule has 1 aromatic rings. The molecule has 0 saturated heterocycles. The maximum absolute atomic E-state index is 4.27. The zero-order valence-electron chi connectivity index (χ0n) is 10.0. The van der Waals surface area contributed by atoms with Crippen molar-refractivity contribution in [3.8, 4) is 0 Å². The Hall–Kier alpha value is -0.480. The van der Waals surface area contributed by atoms with Gasteiger partial charge in [0.2, 0.25) is 0 Å². The summed E-state index contributed by atoms with van der Waals surface area (Å²) in [6.07, 6.45) is 3.82. The molecule has 0 aliphatic heterocycles. The minimum absolute atomic E-state index is 0.590. The summed E-state index contributed by atoms with van der Waals surface area (Å²) in [6.45, 7) is 7.75. The van der Waals surface area contributed by atoms with Crippen molar-refractivity contribution in [2.24, 2.45) is 13.0 Å². The van der Waals surface area contributed by atoms with Crippen LogP contribution in [0.4, 0.5) is 0 Å². The van der Waals surface area contributed by atoms with Crippen molar-refractivity contribution in [3.05, 3.63) is 12.4 Å². The van der Waals surface area contributed by atoms with E-state index in [2.05, 4.69) is 35.6 Å². The molecule has 0 aromatic carbocycles. The van der Waals surface area contributed by atoms with Crippen LogP contribution in [0.25, 0.3) is 0 Å². The van der Waals surface area contributed by atoms with Crippen molar-refractivity contribution in [3.63, 3.8) is 0 Å². The summed E-state index contributed by atoms with van der Waals surface area (Å²) in [7, 11) is 2.03. The molecule has 1 N–H and O–H groups in total. The maximum atomic E-state index is 4.27. The highest BCUT2D eigenvalue weighted by atomic mass is 32.2. The molecule has 1 unspecified atom stereocenters. The van der Waals surface area contributed by atoms with E-state index in [4.69, 9.17) is 0 Å². The lowest BCUT2D eigenvalue weighted by Gasteiger charge is -2.16. The lowest BCUT2D eigenvalue weighted by molar-refractivity contribution is 0.438. The average Bonchev–Trinajstić information content (AvgIpc) is 2.58. The first-order valence-electron chi connectivity index (χ1n) is 5.44. The smallest absolute Gasteiger partial charge is 0.167 e.